The molecule has 0 aliphatic heterocycles. The van der Waals surface area contributed by atoms with Crippen LogP contribution in [0.1, 0.15) is 18.7 Å². The summed E-state index contributed by atoms with van der Waals surface area (Å²) in [6.07, 6.45) is 2.56. The highest BCUT2D eigenvalue weighted by molar-refractivity contribution is 6.30. The van der Waals surface area contributed by atoms with Crippen molar-refractivity contribution in [1.29, 1.82) is 0 Å². The van der Waals surface area contributed by atoms with Gasteiger partial charge in [0.2, 0.25) is 0 Å². The highest BCUT2D eigenvalue weighted by Gasteiger charge is 2.11. The molecule has 34 heavy (non-hydrogen) atoms. The van der Waals surface area contributed by atoms with E-state index in [0.717, 1.165) is 42.0 Å². The molecule has 176 valence electrons. The van der Waals surface area contributed by atoms with Crippen LogP contribution in [-0.2, 0) is 17.8 Å². The van der Waals surface area contributed by atoms with Gasteiger partial charge in [0.1, 0.15) is 17.3 Å². The van der Waals surface area contributed by atoms with Crippen LogP contribution in [-0.4, -0.2) is 35.2 Å². The van der Waals surface area contributed by atoms with Crippen LogP contribution >= 0.6 is 11.6 Å². The molecule has 0 radical (unpaired) electrons. The van der Waals surface area contributed by atoms with Crippen LogP contribution in [0.25, 0.3) is 11.0 Å². The zero-order chi connectivity index (χ0) is 23.6. The number of carbonyl (C=O) groups is 1. The topological polar surface area (TPSA) is 65.4 Å². The third-order valence-corrected chi connectivity index (χ3v) is 5.63. The fourth-order valence-electron chi connectivity index (χ4n) is 3.69. The van der Waals surface area contributed by atoms with Gasteiger partial charge < -0.3 is 19.4 Å². The maximum absolute atomic E-state index is 12.2. The molecule has 4 rings (SSSR count). The predicted octanol–water partition coefficient (Wildman–Crippen LogP) is 5.29. The molecular weight excluding hydrogens is 450 g/mol. The maximum atomic E-state index is 12.2. The van der Waals surface area contributed by atoms with Crippen molar-refractivity contribution in [3.05, 3.63) is 89.7 Å². The minimum Gasteiger partial charge on any atom is -0.494 e. The summed E-state index contributed by atoms with van der Waals surface area (Å²) in [4.78, 5) is 17.0. The molecule has 3 aromatic carbocycles. The highest BCUT2D eigenvalue weighted by Crippen LogP contribution is 2.18. The molecule has 4 aromatic rings. The predicted molar refractivity (Wildman–Crippen MR) is 135 cm³/mol. The highest BCUT2D eigenvalue weighted by atomic mass is 35.5. The van der Waals surface area contributed by atoms with E-state index in [1.165, 1.54) is 0 Å². The third kappa shape index (κ3) is 6.75. The summed E-state index contributed by atoms with van der Waals surface area (Å²) in [5.74, 6) is 2.30. The molecule has 0 unspecified atom stereocenters. The number of hydrogen-bond acceptors (Lipinski definition) is 4. The lowest BCUT2D eigenvalue weighted by atomic mass is 10.3. The molecule has 1 aromatic heterocycles. The second-order valence-electron chi connectivity index (χ2n) is 7.88. The van der Waals surface area contributed by atoms with Crippen molar-refractivity contribution < 1.29 is 14.3 Å². The van der Waals surface area contributed by atoms with E-state index in [-0.39, 0.29) is 12.5 Å². The van der Waals surface area contributed by atoms with Crippen LogP contribution in [0.3, 0.4) is 0 Å². The van der Waals surface area contributed by atoms with Gasteiger partial charge >= 0.3 is 0 Å². The largest absolute Gasteiger partial charge is 0.494 e. The molecule has 0 bridgehead atoms. The van der Waals surface area contributed by atoms with E-state index >= 15 is 0 Å². The van der Waals surface area contributed by atoms with Gasteiger partial charge in [-0.15, -0.1) is 0 Å². The lowest BCUT2D eigenvalue weighted by molar-refractivity contribution is -0.123. The van der Waals surface area contributed by atoms with Gasteiger partial charge in [-0.3, -0.25) is 4.79 Å². The Balaban J connectivity index is 1.26. The van der Waals surface area contributed by atoms with E-state index in [9.17, 15) is 4.79 Å². The molecule has 0 fully saturated rings. The first-order chi connectivity index (χ1) is 16.7. The molecule has 0 aliphatic rings. The van der Waals surface area contributed by atoms with Crippen LogP contribution in [0.4, 0.5) is 0 Å². The van der Waals surface area contributed by atoms with Gasteiger partial charge in [0.25, 0.3) is 5.91 Å². The second kappa shape index (κ2) is 12.1. The molecular formula is C27H28ClN3O3. The molecule has 7 heteroatoms. The second-order valence-corrected chi connectivity index (χ2v) is 8.32. The number of nitrogens with one attached hydrogen (secondary N) is 1. The van der Waals surface area contributed by atoms with Crippen molar-refractivity contribution >= 4 is 28.5 Å². The number of benzene rings is 3. The Kier molecular flexibility index (Phi) is 8.41. The Morgan fingerprint density at radius 1 is 0.882 bits per heavy atom. The first-order valence-corrected chi connectivity index (χ1v) is 11.8. The van der Waals surface area contributed by atoms with E-state index in [0.29, 0.717) is 30.3 Å². The summed E-state index contributed by atoms with van der Waals surface area (Å²) in [5, 5.41) is 3.54. The fraction of sp³-hybridized carbons (Fsp3) is 0.259. The number of carbonyl (C=O) groups excluding carboxylic acids is 1. The molecule has 0 saturated carbocycles. The SMILES string of the molecule is O=C(COc1ccc(Cl)cc1)NCCc1nc2ccccc2n1CCCCOc1ccccc1. The summed E-state index contributed by atoms with van der Waals surface area (Å²) in [6.45, 7) is 1.97. The maximum Gasteiger partial charge on any atom is 0.257 e. The number of ether oxygens (including phenoxy) is 2. The summed E-state index contributed by atoms with van der Waals surface area (Å²) in [6, 6.07) is 24.9. The van der Waals surface area contributed by atoms with Crippen molar-refractivity contribution in [3.63, 3.8) is 0 Å². The van der Waals surface area contributed by atoms with Gasteiger partial charge in [0, 0.05) is 24.5 Å². The monoisotopic (exact) mass is 477 g/mol. The number of aromatic nitrogens is 2. The Hall–Kier alpha value is -3.51. The van der Waals surface area contributed by atoms with Crippen LogP contribution in [0.2, 0.25) is 5.02 Å². The molecule has 0 spiro atoms. The molecule has 6 nitrogen and oxygen atoms in total. The standard InChI is InChI=1S/C27H28ClN3O3/c28-21-12-14-23(15-13-21)34-20-27(32)29-17-16-26-30-24-10-4-5-11-25(24)31(26)18-6-7-19-33-22-8-2-1-3-9-22/h1-5,8-15H,6-7,16-20H2,(H,29,32). The smallest absolute Gasteiger partial charge is 0.257 e. The van der Waals surface area contributed by atoms with Crippen LogP contribution in [0, 0.1) is 0 Å². The van der Waals surface area contributed by atoms with Gasteiger partial charge in [-0.1, -0.05) is 41.9 Å². The lowest BCUT2D eigenvalue weighted by Crippen LogP contribution is -2.31. The molecule has 1 amide bonds. The average Bonchev–Trinajstić information content (AvgIpc) is 3.21. The van der Waals surface area contributed by atoms with Crippen LogP contribution < -0.4 is 14.8 Å². The fourth-order valence-corrected chi connectivity index (χ4v) is 3.81. The first kappa shape index (κ1) is 23.6. The Labute approximate surface area is 204 Å². The Morgan fingerprint density at radius 2 is 1.62 bits per heavy atom. The number of unbranched alkanes of at least 4 members (excludes halogenated alkanes) is 1. The number of para-hydroxylation sites is 3. The van der Waals surface area contributed by atoms with Crippen molar-refractivity contribution in [1.82, 2.24) is 14.9 Å². The zero-order valence-electron chi connectivity index (χ0n) is 19.0. The van der Waals surface area contributed by atoms with E-state index < -0.39 is 0 Å². The summed E-state index contributed by atoms with van der Waals surface area (Å²) < 4.78 is 13.6. The summed E-state index contributed by atoms with van der Waals surface area (Å²) >= 11 is 5.87. The third-order valence-electron chi connectivity index (χ3n) is 5.38. The van der Waals surface area contributed by atoms with Gasteiger partial charge in [-0.25, -0.2) is 4.98 Å². The zero-order valence-corrected chi connectivity index (χ0v) is 19.7. The van der Waals surface area contributed by atoms with E-state index in [1.54, 1.807) is 24.3 Å². The van der Waals surface area contributed by atoms with Gasteiger partial charge in [-0.2, -0.15) is 0 Å². The molecule has 1 heterocycles. The minimum atomic E-state index is -0.171. The van der Waals surface area contributed by atoms with Gasteiger partial charge in [-0.05, 0) is 61.4 Å². The number of imidazole rings is 1. The lowest BCUT2D eigenvalue weighted by Gasteiger charge is -2.11. The molecule has 0 aliphatic carbocycles. The van der Waals surface area contributed by atoms with E-state index in [2.05, 4.69) is 16.0 Å². The molecule has 0 saturated heterocycles. The number of rotatable bonds is 12. The molecule has 0 atom stereocenters. The number of fused-ring (bicyclic) bond motifs is 1. The minimum absolute atomic E-state index is 0.0422. The van der Waals surface area contributed by atoms with E-state index in [1.807, 2.05) is 48.5 Å². The van der Waals surface area contributed by atoms with E-state index in [4.69, 9.17) is 26.1 Å². The summed E-state index contributed by atoms with van der Waals surface area (Å²) in [5.41, 5.74) is 2.08. The number of halogens is 1. The Morgan fingerprint density at radius 3 is 2.44 bits per heavy atom. The number of aryl methyl sites for hydroxylation is 1. The normalized spacial score (nSPS) is 10.9. The number of amides is 1. The molecule has 1 N–H and O–H groups in total. The van der Waals surface area contributed by atoms with Gasteiger partial charge in [0.15, 0.2) is 6.61 Å². The average molecular weight is 478 g/mol. The summed E-state index contributed by atoms with van der Waals surface area (Å²) in [7, 11) is 0. The van der Waals surface area contributed by atoms with Gasteiger partial charge in [0.05, 0.1) is 17.6 Å². The number of hydrogen-bond donors (Lipinski definition) is 1. The van der Waals surface area contributed by atoms with Crippen LogP contribution in [0.5, 0.6) is 11.5 Å². The van der Waals surface area contributed by atoms with Crippen LogP contribution in [0.15, 0.2) is 78.9 Å². The first-order valence-electron chi connectivity index (χ1n) is 11.5. The van der Waals surface area contributed by atoms with Crippen molar-refractivity contribution in [2.75, 3.05) is 19.8 Å². The van der Waals surface area contributed by atoms with Crippen molar-refractivity contribution in [2.24, 2.45) is 0 Å². The quantitative estimate of drug-likeness (QED) is 0.282. The number of nitrogens with zero attached hydrogens (tertiary/aromatic N) is 2. The van der Waals surface area contributed by atoms with Crippen molar-refractivity contribution in [2.45, 2.75) is 25.8 Å². The Bertz CT molecular complexity index is 1190. The van der Waals surface area contributed by atoms with Crippen molar-refractivity contribution in [3.8, 4) is 11.5 Å².